The highest BCUT2D eigenvalue weighted by molar-refractivity contribution is 5.97. The summed E-state index contributed by atoms with van der Waals surface area (Å²) >= 11 is 0. The maximum Gasteiger partial charge on any atom is 0.328 e. The number of likely N-dealkylation sites (tertiary alicyclic amines) is 1. The Hall–Kier alpha value is -2.41. The lowest BCUT2D eigenvalue weighted by Gasteiger charge is -2.22. The van der Waals surface area contributed by atoms with Crippen LogP contribution in [-0.2, 0) is 19.1 Å². The molecule has 0 unspecified atom stereocenters. The summed E-state index contributed by atoms with van der Waals surface area (Å²) in [6.45, 7) is 0.119. The van der Waals surface area contributed by atoms with E-state index in [1.54, 1.807) is 30.3 Å². The number of ether oxygens (including phenoxy) is 2. The fourth-order valence-corrected chi connectivity index (χ4v) is 2.55. The number of nitrogens with zero attached hydrogens (tertiary/aromatic N) is 1. The number of carbonyl (C=O) groups is 3. The summed E-state index contributed by atoms with van der Waals surface area (Å²) in [6.07, 6.45) is 0.175. The van der Waals surface area contributed by atoms with Gasteiger partial charge in [0.25, 0.3) is 5.91 Å². The second kappa shape index (κ2) is 7.73. The average molecular weight is 320 g/mol. The van der Waals surface area contributed by atoms with E-state index in [9.17, 15) is 14.4 Å². The van der Waals surface area contributed by atoms with Gasteiger partial charge in [0.05, 0.1) is 19.8 Å². The molecular weight excluding hydrogens is 300 g/mol. The largest absolute Gasteiger partial charge is 0.467 e. The molecule has 0 saturated carbocycles. The van der Waals surface area contributed by atoms with Gasteiger partial charge in [-0.05, 0) is 12.1 Å². The van der Waals surface area contributed by atoms with Crippen LogP contribution in [0.15, 0.2) is 30.3 Å². The van der Waals surface area contributed by atoms with Crippen LogP contribution in [-0.4, -0.2) is 62.1 Å². The topological polar surface area (TPSA) is 84.9 Å². The summed E-state index contributed by atoms with van der Waals surface area (Å²) in [4.78, 5) is 37.5. The van der Waals surface area contributed by atoms with Crippen LogP contribution >= 0.6 is 0 Å². The van der Waals surface area contributed by atoms with E-state index >= 15 is 0 Å². The van der Waals surface area contributed by atoms with Crippen molar-refractivity contribution in [2.45, 2.75) is 18.6 Å². The van der Waals surface area contributed by atoms with Gasteiger partial charge in [-0.15, -0.1) is 0 Å². The van der Waals surface area contributed by atoms with E-state index in [1.165, 1.54) is 19.1 Å². The van der Waals surface area contributed by atoms with Crippen LogP contribution in [0.25, 0.3) is 0 Å². The van der Waals surface area contributed by atoms with Crippen LogP contribution in [0.1, 0.15) is 16.8 Å². The quantitative estimate of drug-likeness (QED) is 0.784. The molecule has 124 valence electrons. The van der Waals surface area contributed by atoms with Crippen molar-refractivity contribution in [3.63, 3.8) is 0 Å². The molecule has 2 amide bonds. The monoisotopic (exact) mass is 320 g/mol. The molecule has 0 aliphatic carbocycles. The standard InChI is InChI=1S/C16H20N2O5/c1-22-12-8-13(16(21)23-2)18(10-12)14(19)9-17-15(20)11-6-4-3-5-7-11/h3-7,12-13H,8-10H2,1-2H3,(H,17,20)/t12-,13-/m1/s1. The first kappa shape index (κ1) is 17.0. The highest BCUT2D eigenvalue weighted by Crippen LogP contribution is 2.21. The molecule has 1 saturated heterocycles. The van der Waals surface area contributed by atoms with E-state index in [4.69, 9.17) is 9.47 Å². The van der Waals surface area contributed by atoms with Crippen molar-refractivity contribution in [1.29, 1.82) is 0 Å². The molecule has 0 radical (unpaired) electrons. The number of carbonyl (C=O) groups excluding carboxylic acids is 3. The summed E-state index contributed by atoms with van der Waals surface area (Å²) in [6, 6.07) is 7.94. The highest BCUT2D eigenvalue weighted by Gasteiger charge is 2.40. The number of benzene rings is 1. The Morgan fingerprint density at radius 1 is 1.22 bits per heavy atom. The Balaban J connectivity index is 1.96. The van der Waals surface area contributed by atoms with E-state index in [0.717, 1.165) is 0 Å². The Morgan fingerprint density at radius 2 is 1.91 bits per heavy atom. The van der Waals surface area contributed by atoms with Crippen molar-refractivity contribution < 1.29 is 23.9 Å². The normalized spacial score (nSPS) is 20.2. The summed E-state index contributed by atoms with van der Waals surface area (Å²) in [5.74, 6) is -1.16. The third-order valence-electron chi connectivity index (χ3n) is 3.83. The summed E-state index contributed by atoms with van der Waals surface area (Å²) in [5, 5.41) is 2.56. The van der Waals surface area contributed by atoms with Gasteiger partial charge in [-0.1, -0.05) is 18.2 Å². The van der Waals surface area contributed by atoms with Crippen LogP contribution < -0.4 is 5.32 Å². The van der Waals surface area contributed by atoms with E-state index in [0.29, 0.717) is 18.5 Å². The van der Waals surface area contributed by atoms with Gasteiger partial charge in [0.15, 0.2) is 0 Å². The highest BCUT2D eigenvalue weighted by atomic mass is 16.5. The lowest BCUT2D eigenvalue weighted by molar-refractivity contribution is -0.150. The number of methoxy groups -OCH3 is 2. The zero-order chi connectivity index (χ0) is 16.8. The van der Waals surface area contributed by atoms with Gasteiger partial charge in [-0.3, -0.25) is 9.59 Å². The number of hydrogen-bond donors (Lipinski definition) is 1. The number of amides is 2. The fourth-order valence-electron chi connectivity index (χ4n) is 2.55. The zero-order valence-corrected chi connectivity index (χ0v) is 13.2. The maximum atomic E-state index is 12.3. The third-order valence-corrected chi connectivity index (χ3v) is 3.83. The molecule has 1 heterocycles. The lowest BCUT2D eigenvalue weighted by Crippen LogP contribution is -2.46. The molecule has 2 rings (SSSR count). The molecule has 1 aliphatic rings. The molecule has 1 aliphatic heterocycles. The molecule has 1 aromatic carbocycles. The van der Waals surface area contributed by atoms with Gasteiger partial charge in [0.2, 0.25) is 5.91 Å². The Bertz CT molecular complexity index is 575. The number of esters is 1. The van der Waals surface area contributed by atoms with Gasteiger partial charge in [-0.25, -0.2) is 4.79 Å². The fraction of sp³-hybridized carbons (Fsp3) is 0.438. The van der Waals surface area contributed by atoms with Gasteiger partial charge in [-0.2, -0.15) is 0 Å². The molecule has 2 atom stereocenters. The SMILES string of the molecule is COC(=O)[C@H]1C[C@@H](OC)CN1C(=O)CNC(=O)c1ccccc1. The van der Waals surface area contributed by atoms with Crippen LogP contribution in [0.2, 0.25) is 0 Å². The zero-order valence-electron chi connectivity index (χ0n) is 13.2. The van der Waals surface area contributed by atoms with Crippen molar-refractivity contribution in [2.24, 2.45) is 0 Å². The predicted molar refractivity (Wildman–Crippen MR) is 81.7 cm³/mol. The molecule has 0 aromatic heterocycles. The van der Waals surface area contributed by atoms with Gasteiger partial charge in [0.1, 0.15) is 6.04 Å². The first-order valence-electron chi connectivity index (χ1n) is 7.30. The molecule has 1 N–H and O–H groups in total. The molecule has 0 bridgehead atoms. The minimum absolute atomic E-state index is 0.183. The van der Waals surface area contributed by atoms with Crippen LogP contribution in [0.4, 0.5) is 0 Å². The third kappa shape index (κ3) is 4.07. The Labute approximate surface area is 134 Å². The second-order valence-corrected chi connectivity index (χ2v) is 5.23. The predicted octanol–water partition coefficient (Wildman–Crippen LogP) is 0.205. The Morgan fingerprint density at radius 3 is 2.52 bits per heavy atom. The number of rotatable bonds is 5. The first-order chi connectivity index (χ1) is 11.1. The Kier molecular flexibility index (Phi) is 5.70. The second-order valence-electron chi connectivity index (χ2n) is 5.23. The molecule has 7 nitrogen and oxygen atoms in total. The number of hydrogen-bond acceptors (Lipinski definition) is 5. The minimum Gasteiger partial charge on any atom is -0.467 e. The van der Waals surface area contributed by atoms with Gasteiger partial charge < -0.3 is 19.7 Å². The van der Waals surface area contributed by atoms with Crippen molar-refractivity contribution in [3.8, 4) is 0 Å². The summed E-state index contributed by atoms with van der Waals surface area (Å²) in [5.41, 5.74) is 0.473. The van der Waals surface area contributed by atoms with E-state index in [2.05, 4.69) is 5.32 Å². The van der Waals surface area contributed by atoms with E-state index < -0.39 is 12.0 Å². The molecule has 1 fully saturated rings. The van der Waals surface area contributed by atoms with Crippen molar-refractivity contribution >= 4 is 17.8 Å². The van der Waals surface area contributed by atoms with Crippen molar-refractivity contribution in [2.75, 3.05) is 27.3 Å². The summed E-state index contributed by atoms with van der Waals surface area (Å²) in [7, 11) is 2.81. The lowest BCUT2D eigenvalue weighted by atomic mass is 10.2. The minimum atomic E-state index is -0.675. The van der Waals surface area contributed by atoms with Gasteiger partial charge >= 0.3 is 5.97 Å². The van der Waals surface area contributed by atoms with Crippen molar-refractivity contribution in [1.82, 2.24) is 10.2 Å². The molecular formula is C16H20N2O5. The molecule has 23 heavy (non-hydrogen) atoms. The molecule has 0 spiro atoms. The average Bonchev–Trinajstić information content (AvgIpc) is 3.04. The number of nitrogens with one attached hydrogen (secondary N) is 1. The van der Waals surface area contributed by atoms with Gasteiger partial charge in [0, 0.05) is 25.6 Å². The smallest absolute Gasteiger partial charge is 0.328 e. The summed E-state index contributed by atoms with van der Waals surface area (Å²) < 4.78 is 9.95. The van der Waals surface area contributed by atoms with Crippen LogP contribution in [0.5, 0.6) is 0 Å². The molecule has 7 heteroatoms. The van der Waals surface area contributed by atoms with Crippen molar-refractivity contribution in [3.05, 3.63) is 35.9 Å². The van der Waals surface area contributed by atoms with E-state index in [1.807, 2.05) is 0 Å². The van der Waals surface area contributed by atoms with Crippen LogP contribution in [0.3, 0.4) is 0 Å². The molecule has 1 aromatic rings. The maximum absolute atomic E-state index is 12.3. The first-order valence-corrected chi connectivity index (χ1v) is 7.30. The van der Waals surface area contributed by atoms with Crippen LogP contribution in [0, 0.1) is 0 Å². The van der Waals surface area contributed by atoms with E-state index in [-0.39, 0.29) is 24.5 Å².